The highest BCUT2D eigenvalue weighted by Crippen LogP contribution is 2.26. The van der Waals surface area contributed by atoms with Gasteiger partial charge in [-0.25, -0.2) is 8.42 Å². The monoisotopic (exact) mass is 479 g/mol. The molecule has 0 bridgehead atoms. The molecule has 11 heteroatoms. The van der Waals surface area contributed by atoms with Crippen molar-refractivity contribution in [3.05, 3.63) is 92.0 Å². The van der Waals surface area contributed by atoms with Crippen molar-refractivity contribution >= 4 is 56.2 Å². The van der Waals surface area contributed by atoms with Crippen LogP contribution in [0.15, 0.2) is 65.6 Å². The van der Waals surface area contributed by atoms with Crippen molar-refractivity contribution in [1.82, 2.24) is 0 Å². The van der Waals surface area contributed by atoms with Gasteiger partial charge in [0.1, 0.15) is 0 Å². The molecule has 0 aromatic heterocycles. The summed E-state index contributed by atoms with van der Waals surface area (Å²) in [4.78, 5) is 22.9. The summed E-state index contributed by atoms with van der Waals surface area (Å²) >= 11 is 11.8. The maximum Gasteiger partial charge on any atom is 0.273 e. The van der Waals surface area contributed by atoms with E-state index in [0.717, 1.165) is 0 Å². The maximum atomic E-state index is 12.6. The van der Waals surface area contributed by atoms with Gasteiger partial charge in [0.15, 0.2) is 0 Å². The van der Waals surface area contributed by atoms with Gasteiger partial charge in [-0.2, -0.15) is 0 Å². The first-order valence-electron chi connectivity index (χ1n) is 8.71. The molecule has 31 heavy (non-hydrogen) atoms. The Balaban J connectivity index is 1.78. The molecule has 1 amide bonds. The number of rotatable bonds is 6. The smallest absolute Gasteiger partial charge is 0.273 e. The predicted octanol–water partition coefficient (Wildman–Crippen LogP) is 5.26. The van der Waals surface area contributed by atoms with Crippen LogP contribution in [0.2, 0.25) is 10.0 Å². The normalized spacial score (nSPS) is 11.1. The summed E-state index contributed by atoms with van der Waals surface area (Å²) < 4.78 is 27.5. The second-order valence-electron chi connectivity index (χ2n) is 6.45. The van der Waals surface area contributed by atoms with Crippen LogP contribution in [0.4, 0.5) is 17.1 Å². The van der Waals surface area contributed by atoms with E-state index in [1.54, 1.807) is 0 Å². The molecule has 0 fully saturated rings. The van der Waals surface area contributed by atoms with Crippen molar-refractivity contribution in [3.63, 3.8) is 0 Å². The lowest BCUT2D eigenvalue weighted by atomic mass is 10.1. The minimum atomic E-state index is -3.92. The highest BCUT2D eigenvalue weighted by Gasteiger charge is 2.19. The average Bonchev–Trinajstić information content (AvgIpc) is 2.67. The van der Waals surface area contributed by atoms with Crippen LogP contribution < -0.4 is 10.0 Å². The summed E-state index contributed by atoms with van der Waals surface area (Å²) in [5.74, 6) is -0.552. The van der Waals surface area contributed by atoms with Gasteiger partial charge < -0.3 is 5.32 Å². The molecule has 0 aliphatic rings. The first kappa shape index (κ1) is 22.5. The third-order valence-electron chi connectivity index (χ3n) is 4.28. The molecule has 0 spiro atoms. The molecular weight excluding hydrogens is 465 g/mol. The molecule has 2 N–H and O–H groups in total. The number of nitrogens with zero attached hydrogens (tertiary/aromatic N) is 1. The number of hydrogen-bond donors (Lipinski definition) is 2. The van der Waals surface area contributed by atoms with Gasteiger partial charge in [-0.05, 0) is 55.5 Å². The van der Waals surface area contributed by atoms with E-state index in [1.807, 2.05) is 0 Å². The van der Waals surface area contributed by atoms with E-state index in [1.165, 1.54) is 67.6 Å². The van der Waals surface area contributed by atoms with Crippen LogP contribution in [-0.2, 0) is 10.0 Å². The van der Waals surface area contributed by atoms with Gasteiger partial charge >= 0.3 is 0 Å². The zero-order valence-corrected chi connectivity index (χ0v) is 18.3. The summed E-state index contributed by atoms with van der Waals surface area (Å²) in [6, 6.07) is 13.9. The largest absolute Gasteiger partial charge is 0.322 e. The predicted molar refractivity (Wildman–Crippen MR) is 119 cm³/mol. The SMILES string of the molecule is Cc1c(C(=O)Nc2ccc(S(=O)(=O)Nc3cc(Cl)cc(Cl)c3)cc2)cccc1[N+](=O)[O-]. The van der Waals surface area contributed by atoms with Crippen LogP contribution >= 0.6 is 23.2 Å². The summed E-state index contributed by atoms with van der Waals surface area (Å²) in [5.41, 5.74) is 0.733. The zero-order valence-electron chi connectivity index (χ0n) is 15.9. The summed E-state index contributed by atoms with van der Waals surface area (Å²) in [6.45, 7) is 1.48. The van der Waals surface area contributed by atoms with Crippen molar-refractivity contribution in [2.24, 2.45) is 0 Å². The van der Waals surface area contributed by atoms with Crippen molar-refractivity contribution in [2.75, 3.05) is 10.0 Å². The van der Waals surface area contributed by atoms with Crippen LogP contribution in [-0.4, -0.2) is 19.2 Å². The Labute approximate surface area is 188 Å². The first-order valence-corrected chi connectivity index (χ1v) is 10.9. The number of amides is 1. The van der Waals surface area contributed by atoms with Gasteiger partial charge in [0.25, 0.3) is 21.6 Å². The molecule has 0 aliphatic carbocycles. The van der Waals surface area contributed by atoms with Gasteiger partial charge in [0.2, 0.25) is 0 Å². The van der Waals surface area contributed by atoms with Crippen molar-refractivity contribution < 1.29 is 18.1 Å². The Hall–Kier alpha value is -3.14. The van der Waals surface area contributed by atoms with E-state index < -0.39 is 20.9 Å². The fraction of sp³-hybridized carbons (Fsp3) is 0.0500. The zero-order chi connectivity index (χ0) is 22.8. The average molecular weight is 480 g/mol. The molecule has 0 saturated carbocycles. The Morgan fingerprint density at radius 1 is 0.968 bits per heavy atom. The lowest BCUT2D eigenvalue weighted by Gasteiger charge is -2.11. The number of nitrogens with one attached hydrogen (secondary N) is 2. The molecule has 0 unspecified atom stereocenters. The molecule has 3 aromatic carbocycles. The Morgan fingerprint density at radius 2 is 1.58 bits per heavy atom. The van der Waals surface area contributed by atoms with Crippen molar-refractivity contribution in [2.45, 2.75) is 11.8 Å². The van der Waals surface area contributed by atoms with Gasteiger partial charge in [0.05, 0.1) is 15.5 Å². The van der Waals surface area contributed by atoms with Crippen LogP contribution in [0.3, 0.4) is 0 Å². The number of hydrogen-bond acceptors (Lipinski definition) is 5. The molecule has 0 radical (unpaired) electrons. The van der Waals surface area contributed by atoms with Crippen LogP contribution in [0, 0.1) is 17.0 Å². The molecule has 0 aliphatic heterocycles. The number of anilines is 2. The second kappa shape index (κ2) is 8.93. The van der Waals surface area contributed by atoms with Gasteiger partial charge in [-0.15, -0.1) is 0 Å². The Bertz CT molecular complexity index is 1260. The molecule has 0 atom stereocenters. The molecule has 0 heterocycles. The maximum absolute atomic E-state index is 12.6. The molecule has 3 aromatic rings. The number of halogens is 2. The van der Waals surface area contributed by atoms with Crippen LogP contribution in [0.5, 0.6) is 0 Å². The van der Waals surface area contributed by atoms with E-state index in [-0.39, 0.29) is 37.4 Å². The molecule has 8 nitrogen and oxygen atoms in total. The standard InChI is InChI=1S/C20H15Cl2N3O5S/c1-12-18(3-2-4-19(12)25(27)28)20(26)23-15-5-7-17(8-6-15)31(29,30)24-16-10-13(21)9-14(22)11-16/h2-11,24H,1H3,(H,23,26). The van der Waals surface area contributed by atoms with E-state index in [2.05, 4.69) is 10.0 Å². The highest BCUT2D eigenvalue weighted by atomic mass is 35.5. The Morgan fingerprint density at radius 3 is 2.16 bits per heavy atom. The second-order valence-corrected chi connectivity index (χ2v) is 9.00. The fourth-order valence-corrected chi connectivity index (χ4v) is 4.38. The highest BCUT2D eigenvalue weighted by molar-refractivity contribution is 7.92. The van der Waals surface area contributed by atoms with Crippen LogP contribution in [0.1, 0.15) is 15.9 Å². The van der Waals surface area contributed by atoms with E-state index in [4.69, 9.17) is 23.2 Å². The van der Waals surface area contributed by atoms with E-state index in [0.29, 0.717) is 5.69 Å². The van der Waals surface area contributed by atoms with Crippen LogP contribution in [0.25, 0.3) is 0 Å². The first-order chi connectivity index (χ1) is 14.6. The molecule has 0 saturated heterocycles. The van der Waals surface area contributed by atoms with Gasteiger partial charge in [-0.3, -0.25) is 19.6 Å². The summed E-state index contributed by atoms with van der Waals surface area (Å²) in [6.07, 6.45) is 0. The third-order valence-corrected chi connectivity index (χ3v) is 6.12. The van der Waals surface area contributed by atoms with Gasteiger partial charge in [0, 0.05) is 32.9 Å². The lowest BCUT2D eigenvalue weighted by molar-refractivity contribution is -0.385. The van der Waals surface area contributed by atoms with E-state index in [9.17, 15) is 23.3 Å². The summed E-state index contributed by atoms with van der Waals surface area (Å²) in [7, 11) is -3.92. The third kappa shape index (κ3) is 5.32. The van der Waals surface area contributed by atoms with Gasteiger partial charge in [-0.1, -0.05) is 29.3 Å². The Kier molecular flexibility index (Phi) is 6.49. The molecule has 3 rings (SSSR count). The quantitative estimate of drug-likeness (QED) is 0.368. The lowest BCUT2D eigenvalue weighted by Crippen LogP contribution is -2.15. The fourth-order valence-electron chi connectivity index (χ4n) is 2.81. The minimum absolute atomic E-state index is 0.0480. The number of carbonyl (C=O) groups excluding carboxylic acids is 1. The molecular formula is C20H15Cl2N3O5S. The van der Waals surface area contributed by atoms with E-state index >= 15 is 0 Å². The molecule has 160 valence electrons. The number of nitro benzene ring substituents is 1. The van der Waals surface area contributed by atoms with Crippen molar-refractivity contribution in [1.29, 1.82) is 0 Å². The summed E-state index contributed by atoms with van der Waals surface area (Å²) in [5, 5.41) is 14.2. The van der Waals surface area contributed by atoms with Crippen molar-refractivity contribution in [3.8, 4) is 0 Å². The number of nitro groups is 1. The minimum Gasteiger partial charge on any atom is -0.322 e. The number of benzene rings is 3. The number of carbonyl (C=O) groups is 1. The number of sulfonamides is 1. The topological polar surface area (TPSA) is 118 Å².